The number of aromatic nitrogens is 2. The van der Waals surface area contributed by atoms with Gasteiger partial charge in [0.15, 0.2) is 0 Å². The zero-order valence-corrected chi connectivity index (χ0v) is 16.2. The molecule has 156 valence electrons. The third-order valence-corrected chi connectivity index (χ3v) is 5.07. The lowest BCUT2D eigenvalue weighted by Crippen LogP contribution is -2.21. The van der Waals surface area contributed by atoms with Crippen molar-refractivity contribution < 1.29 is 27.9 Å². The van der Waals surface area contributed by atoms with Gasteiger partial charge in [0.2, 0.25) is 0 Å². The number of halogens is 4. The van der Waals surface area contributed by atoms with Crippen LogP contribution < -0.4 is 5.11 Å². The number of nitrogens with zero attached hydrogens (tertiary/aromatic N) is 2. The molecule has 0 N–H and O–H groups in total. The van der Waals surface area contributed by atoms with E-state index in [4.69, 9.17) is 11.6 Å². The first-order valence-electron chi connectivity index (χ1n) is 8.85. The number of aromatic carboxylic acids is 1. The molecule has 4 aromatic rings. The molecule has 2 aromatic heterocycles. The topological polar surface area (TPSA) is 75.0 Å². The van der Waals surface area contributed by atoms with E-state index in [0.29, 0.717) is 28.2 Å². The van der Waals surface area contributed by atoms with Crippen molar-refractivity contribution in [2.24, 2.45) is 0 Å². The minimum absolute atomic E-state index is 0.0260. The monoisotopic (exact) mass is 443 g/mol. The molecule has 0 fully saturated rings. The third-order valence-electron chi connectivity index (χ3n) is 4.78. The quantitative estimate of drug-likeness (QED) is 0.469. The van der Waals surface area contributed by atoms with Crippen LogP contribution in [0.15, 0.2) is 67.1 Å². The summed E-state index contributed by atoms with van der Waals surface area (Å²) in [7, 11) is 0. The van der Waals surface area contributed by atoms with E-state index in [1.807, 2.05) is 0 Å². The normalized spacial score (nSPS) is 11.6. The van der Waals surface area contributed by atoms with Gasteiger partial charge in [-0.1, -0.05) is 54.1 Å². The van der Waals surface area contributed by atoms with Crippen molar-refractivity contribution in [1.82, 2.24) is 9.55 Å². The number of pyridine rings is 1. The SMILES string of the molecule is O=C([O-])c1ccc(-c2cn(C(=O)c3c(Cl)cncc3C(F)(F)F)c3ccccc23)cc1. The highest BCUT2D eigenvalue weighted by atomic mass is 35.5. The van der Waals surface area contributed by atoms with Crippen molar-refractivity contribution in [3.8, 4) is 11.1 Å². The van der Waals surface area contributed by atoms with E-state index in [1.54, 1.807) is 24.3 Å². The summed E-state index contributed by atoms with van der Waals surface area (Å²) >= 11 is 5.94. The van der Waals surface area contributed by atoms with Crippen molar-refractivity contribution in [1.29, 1.82) is 0 Å². The van der Waals surface area contributed by atoms with E-state index < -0.39 is 34.2 Å². The van der Waals surface area contributed by atoms with E-state index >= 15 is 0 Å². The van der Waals surface area contributed by atoms with Crippen LogP contribution in [-0.4, -0.2) is 21.4 Å². The van der Waals surface area contributed by atoms with Crippen LogP contribution in [0.5, 0.6) is 0 Å². The number of hydrogen-bond donors (Lipinski definition) is 0. The van der Waals surface area contributed by atoms with Crippen LogP contribution in [0.2, 0.25) is 5.02 Å². The van der Waals surface area contributed by atoms with Gasteiger partial charge in [0.1, 0.15) is 0 Å². The van der Waals surface area contributed by atoms with Gasteiger partial charge in [-0.3, -0.25) is 14.3 Å². The Kier molecular flexibility index (Phi) is 5.02. The molecule has 0 radical (unpaired) electrons. The summed E-state index contributed by atoms with van der Waals surface area (Å²) in [6.45, 7) is 0. The van der Waals surface area contributed by atoms with Gasteiger partial charge in [0.05, 0.1) is 27.6 Å². The lowest BCUT2D eigenvalue weighted by Gasteiger charge is -2.13. The Morgan fingerprint density at radius 3 is 2.32 bits per heavy atom. The molecule has 0 aliphatic carbocycles. The largest absolute Gasteiger partial charge is 0.545 e. The van der Waals surface area contributed by atoms with Crippen LogP contribution in [0.3, 0.4) is 0 Å². The Morgan fingerprint density at radius 2 is 1.68 bits per heavy atom. The molecule has 2 aromatic carbocycles. The number of carbonyl (C=O) groups is 2. The number of rotatable bonds is 3. The summed E-state index contributed by atoms with van der Waals surface area (Å²) in [4.78, 5) is 27.6. The van der Waals surface area contributed by atoms with Crippen LogP contribution in [-0.2, 0) is 6.18 Å². The number of hydrogen-bond acceptors (Lipinski definition) is 4. The number of para-hydroxylation sites is 1. The van der Waals surface area contributed by atoms with Gasteiger partial charge >= 0.3 is 6.18 Å². The highest BCUT2D eigenvalue weighted by Crippen LogP contribution is 2.37. The van der Waals surface area contributed by atoms with E-state index in [1.165, 1.54) is 30.5 Å². The Bertz CT molecular complexity index is 1330. The molecule has 9 heteroatoms. The second kappa shape index (κ2) is 7.55. The zero-order valence-electron chi connectivity index (χ0n) is 15.5. The number of fused-ring (bicyclic) bond motifs is 1. The first kappa shape index (κ1) is 20.6. The van der Waals surface area contributed by atoms with Crippen molar-refractivity contribution >= 4 is 34.4 Å². The highest BCUT2D eigenvalue weighted by molar-refractivity contribution is 6.34. The Morgan fingerprint density at radius 1 is 1.00 bits per heavy atom. The Balaban J connectivity index is 1.91. The fraction of sp³-hybridized carbons (Fsp3) is 0.0455. The lowest BCUT2D eigenvalue weighted by atomic mass is 10.0. The molecule has 0 bridgehead atoms. The fourth-order valence-corrected chi connectivity index (χ4v) is 3.59. The minimum Gasteiger partial charge on any atom is -0.545 e. The number of benzene rings is 2. The molecule has 0 unspecified atom stereocenters. The molecular formula is C22H11ClF3N2O3-. The maximum absolute atomic E-state index is 13.5. The van der Waals surface area contributed by atoms with Crippen molar-refractivity contribution in [3.63, 3.8) is 0 Å². The Hall–Kier alpha value is -3.65. The first-order chi connectivity index (χ1) is 14.7. The van der Waals surface area contributed by atoms with Crippen LogP contribution >= 0.6 is 11.6 Å². The summed E-state index contributed by atoms with van der Waals surface area (Å²) in [5, 5.41) is 11.2. The van der Waals surface area contributed by atoms with E-state index in [2.05, 4.69) is 4.98 Å². The van der Waals surface area contributed by atoms with Gasteiger partial charge in [0, 0.05) is 29.5 Å². The molecule has 0 saturated carbocycles. The maximum Gasteiger partial charge on any atom is 0.418 e. The minimum atomic E-state index is -4.82. The van der Waals surface area contributed by atoms with Gasteiger partial charge in [-0.15, -0.1) is 0 Å². The summed E-state index contributed by atoms with van der Waals surface area (Å²) in [6, 6.07) is 12.4. The molecule has 0 spiro atoms. The standard InChI is InChI=1S/C22H12ClF3N2O3/c23-17-10-27-9-16(22(24,25)26)19(17)20(29)28-11-15(14-3-1-2-4-18(14)28)12-5-7-13(8-6-12)21(30)31/h1-11H,(H,30,31)/p-1. The second-order valence-electron chi connectivity index (χ2n) is 6.64. The predicted octanol–water partition coefficient (Wildman–Crippen LogP) is 4.43. The molecule has 5 nitrogen and oxygen atoms in total. The summed E-state index contributed by atoms with van der Waals surface area (Å²) < 4.78 is 41.5. The van der Waals surface area contributed by atoms with Gasteiger partial charge in [-0.2, -0.15) is 13.2 Å². The molecule has 0 aliphatic heterocycles. The number of alkyl halides is 3. The van der Waals surface area contributed by atoms with Crippen molar-refractivity contribution in [2.45, 2.75) is 6.18 Å². The smallest absolute Gasteiger partial charge is 0.418 e. The summed E-state index contributed by atoms with van der Waals surface area (Å²) in [5.41, 5.74) is -0.488. The highest BCUT2D eigenvalue weighted by Gasteiger charge is 2.37. The summed E-state index contributed by atoms with van der Waals surface area (Å²) in [5.74, 6) is -2.30. The molecule has 0 amide bonds. The van der Waals surface area contributed by atoms with Gasteiger partial charge < -0.3 is 9.90 Å². The molecule has 4 rings (SSSR count). The molecular weight excluding hydrogens is 433 g/mol. The number of carbonyl (C=O) groups excluding carboxylic acids is 2. The molecule has 0 atom stereocenters. The summed E-state index contributed by atoms with van der Waals surface area (Å²) in [6.07, 6.45) is -1.88. The van der Waals surface area contributed by atoms with E-state index in [-0.39, 0.29) is 5.56 Å². The van der Waals surface area contributed by atoms with Crippen LogP contribution in [0, 0.1) is 0 Å². The molecule has 0 aliphatic rings. The fourth-order valence-electron chi connectivity index (χ4n) is 3.35. The predicted molar refractivity (Wildman–Crippen MR) is 106 cm³/mol. The molecule has 2 heterocycles. The van der Waals surface area contributed by atoms with Crippen molar-refractivity contribution in [3.05, 3.63) is 88.8 Å². The third kappa shape index (κ3) is 3.66. The first-order valence-corrected chi connectivity index (χ1v) is 9.23. The second-order valence-corrected chi connectivity index (χ2v) is 7.05. The average Bonchev–Trinajstić information content (AvgIpc) is 3.12. The average molecular weight is 444 g/mol. The van der Waals surface area contributed by atoms with Gasteiger partial charge in [-0.05, 0) is 17.2 Å². The van der Waals surface area contributed by atoms with Crippen LogP contribution in [0.1, 0.15) is 26.3 Å². The van der Waals surface area contributed by atoms with Crippen molar-refractivity contribution in [2.75, 3.05) is 0 Å². The maximum atomic E-state index is 13.5. The molecule has 31 heavy (non-hydrogen) atoms. The zero-order chi connectivity index (χ0) is 22.3. The number of carboxylic acid groups (broad SMARTS) is 1. The van der Waals surface area contributed by atoms with Gasteiger partial charge in [-0.25, -0.2) is 0 Å². The lowest BCUT2D eigenvalue weighted by molar-refractivity contribution is -0.255. The van der Waals surface area contributed by atoms with E-state index in [0.717, 1.165) is 10.8 Å². The Labute approximate surface area is 178 Å². The van der Waals surface area contributed by atoms with Crippen LogP contribution in [0.25, 0.3) is 22.0 Å². The number of carboxylic acids is 1. The van der Waals surface area contributed by atoms with Gasteiger partial charge in [0.25, 0.3) is 5.91 Å². The van der Waals surface area contributed by atoms with Crippen LogP contribution in [0.4, 0.5) is 13.2 Å². The molecule has 0 saturated heterocycles. The van der Waals surface area contributed by atoms with E-state index in [9.17, 15) is 27.9 Å².